The second-order valence-electron chi connectivity index (χ2n) is 3.68. The third-order valence-electron chi connectivity index (χ3n) is 2.54. The molecule has 0 unspecified atom stereocenters. The van der Waals surface area contributed by atoms with Crippen LogP contribution in [0, 0.1) is 0 Å². The Morgan fingerprint density at radius 1 is 1.17 bits per heavy atom. The van der Waals surface area contributed by atoms with Gasteiger partial charge in [0, 0.05) is 16.3 Å². The molecular formula is C12H14ClN5. The average Bonchev–Trinajstić information content (AvgIpc) is 2.41. The number of nitrogens with one attached hydrogen (secondary N) is 2. The van der Waals surface area contributed by atoms with Crippen LogP contribution in [0.4, 0.5) is 17.3 Å². The molecule has 4 N–H and O–H groups in total. The van der Waals surface area contributed by atoms with Crippen LogP contribution < -0.4 is 16.6 Å². The highest BCUT2D eigenvalue weighted by atomic mass is 35.5. The quantitative estimate of drug-likeness (QED) is 0.584. The lowest BCUT2D eigenvalue weighted by Gasteiger charge is -2.12. The number of anilines is 3. The van der Waals surface area contributed by atoms with E-state index in [0.717, 1.165) is 23.5 Å². The molecular weight excluding hydrogens is 250 g/mol. The van der Waals surface area contributed by atoms with Crippen molar-refractivity contribution in [3.8, 4) is 0 Å². The van der Waals surface area contributed by atoms with E-state index in [0.29, 0.717) is 10.8 Å². The Hall–Kier alpha value is -1.85. The molecule has 0 amide bonds. The predicted octanol–water partition coefficient (Wildman–Crippen LogP) is 2.72. The molecule has 1 heterocycles. The van der Waals surface area contributed by atoms with E-state index in [1.807, 2.05) is 31.2 Å². The van der Waals surface area contributed by atoms with Crippen molar-refractivity contribution >= 4 is 28.9 Å². The van der Waals surface area contributed by atoms with Crippen molar-refractivity contribution < 1.29 is 0 Å². The largest absolute Gasteiger partial charge is 0.340 e. The summed E-state index contributed by atoms with van der Waals surface area (Å²) in [6, 6.07) is 7.41. The zero-order chi connectivity index (χ0) is 13.0. The maximum absolute atomic E-state index is 5.84. The number of halogens is 1. The number of nitrogens with two attached hydrogens (primary N) is 1. The van der Waals surface area contributed by atoms with Crippen LogP contribution in [0.25, 0.3) is 0 Å². The maximum Gasteiger partial charge on any atom is 0.148 e. The molecule has 0 saturated carbocycles. The van der Waals surface area contributed by atoms with Gasteiger partial charge in [0.1, 0.15) is 18.0 Å². The Kier molecular flexibility index (Phi) is 3.96. The van der Waals surface area contributed by atoms with Gasteiger partial charge in [-0.1, -0.05) is 18.5 Å². The van der Waals surface area contributed by atoms with Crippen molar-refractivity contribution in [3.63, 3.8) is 0 Å². The van der Waals surface area contributed by atoms with E-state index in [9.17, 15) is 0 Å². The van der Waals surface area contributed by atoms with Crippen molar-refractivity contribution in [2.45, 2.75) is 13.3 Å². The number of aromatic nitrogens is 2. The van der Waals surface area contributed by atoms with Gasteiger partial charge in [-0.3, -0.25) is 0 Å². The average molecular weight is 264 g/mol. The summed E-state index contributed by atoms with van der Waals surface area (Å²) in [6.45, 7) is 2.02. The summed E-state index contributed by atoms with van der Waals surface area (Å²) < 4.78 is 0. The van der Waals surface area contributed by atoms with Crippen molar-refractivity contribution in [2.24, 2.45) is 5.84 Å². The first-order chi connectivity index (χ1) is 8.74. The standard InChI is InChI=1S/C12H14ClN5/c1-2-10-11(15-7-16-12(10)18-14)17-9-5-3-8(13)4-6-9/h3-7H,2,14H2,1H3,(H2,15,16,17,18). The molecule has 1 aromatic carbocycles. The first-order valence-corrected chi connectivity index (χ1v) is 5.95. The van der Waals surface area contributed by atoms with Gasteiger partial charge in [0.15, 0.2) is 0 Å². The lowest BCUT2D eigenvalue weighted by Crippen LogP contribution is -2.13. The molecule has 0 radical (unpaired) electrons. The predicted molar refractivity (Wildman–Crippen MR) is 74.0 cm³/mol. The summed E-state index contributed by atoms with van der Waals surface area (Å²) >= 11 is 5.84. The van der Waals surface area contributed by atoms with Gasteiger partial charge in [-0.2, -0.15) is 0 Å². The van der Waals surface area contributed by atoms with Gasteiger partial charge in [-0.25, -0.2) is 15.8 Å². The Bertz CT molecular complexity index is 526. The fourth-order valence-electron chi connectivity index (χ4n) is 1.65. The highest BCUT2D eigenvalue weighted by Crippen LogP contribution is 2.24. The van der Waals surface area contributed by atoms with Crippen LogP contribution in [0.3, 0.4) is 0 Å². The van der Waals surface area contributed by atoms with Gasteiger partial charge in [0.05, 0.1) is 0 Å². The van der Waals surface area contributed by atoms with E-state index in [2.05, 4.69) is 20.7 Å². The first-order valence-electron chi connectivity index (χ1n) is 5.57. The highest BCUT2D eigenvalue weighted by molar-refractivity contribution is 6.30. The molecule has 0 fully saturated rings. The summed E-state index contributed by atoms with van der Waals surface area (Å²) in [6.07, 6.45) is 2.24. The van der Waals surface area contributed by atoms with Gasteiger partial charge < -0.3 is 10.7 Å². The molecule has 5 nitrogen and oxygen atoms in total. The van der Waals surface area contributed by atoms with E-state index in [4.69, 9.17) is 17.4 Å². The van der Waals surface area contributed by atoms with Gasteiger partial charge in [-0.05, 0) is 30.7 Å². The molecule has 0 aliphatic carbocycles. The Labute approximate surface area is 110 Å². The SMILES string of the molecule is CCc1c(NN)ncnc1Nc1ccc(Cl)cc1. The number of nitrogen functional groups attached to an aromatic ring is 1. The number of benzene rings is 1. The number of hydrazine groups is 1. The first kappa shape index (κ1) is 12.6. The fraction of sp³-hybridized carbons (Fsp3) is 0.167. The normalized spacial score (nSPS) is 10.2. The molecule has 2 rings (SSSR count). The van der Waals surface area contributed by atoms with Crippen LogP contribution in [0.2, 0.25) is 5.02 Å². The molecule has 0 bridgehead atoms. The summed E-state index contributed by atoms with van der Waals surface area (Å²) in [5.41, 5.74) is 4.42. The lowest BCUT2D eigenvalue weighted by molar-refractivity contribution is 1.04. The Morgan fingerprint density at radius 2 is 1.83 bits per heavy atom. The van der Waals surface area contributed by atoms with Crippen LogP contribution in [0.1, 0.15) is 12.5 Å². The van der Waals surface area contributed by atoms with Crippen LogP contribution in [0.15, 0.2) is 30.6 Å². The number of nitrogens with zero attached hydrogens (tertiary/aromatic N) is 2. The van der Waals surface area contributed by atoms with Gasteiger partial charge in [0.25, 0.3) is 0 Å². The second kappa shape index (κ2) is 5.66. The minimum Gasteiger partial charge on any atom is -0.340 e. The number of rotatable bonds is 4. The summed E-state index contributed by atoms with van der Waals surface area (Å²) in [5, 5.41) is 3.92. The monoisotopic (exact) mass is 263 g/mol. The zero-order valence-electron chi connectivity index (χ0n) is 9.94. The van der Waals surface area contributed by atoms with Crippen LogP contribution in [-0.2, 0) is 6.42 Å². The maximum atomic E-state index is 5.84. The molecule has 0 atom stereocenters. The van der Waals surface area contributed by atoms with Crippen molar-refractivity contribution in [3.05, 3.63) is 41.2 Å². The van der Waals surface area contributed by atoms with Crippen molar-refractivity contribution in [2.75, 3.05) is 10.7 Å². The van der Waals surface area contributed by atoms with Crippen LogP contribution in [-0.4, -0.2) is 9.97 Å². The van der Waals surface area contributed by atoms with E-state index in [1.54, 1.807) is 0 Å². The number of hydrogen-bond acceptors (Lipinski definition) is 5. The van der Waals surface area contributed by atoms with Crippen molar-refractivity contribution in [1.82, 2.24) is 9.97 Å². The third kappa shape index (κ3) is 2.69. The second-order valence-corrected chi connectivity index (χ2v) is 4.12. The zero-order valence-corrected chi connectivity index (χ0v) is 10.7. The van der Waals surface area contributed by atoms with Gasteiger partial charge >= 0.3 is 0 Å². The van der Waals surface area contributed by atoms with Crippen molar-refractivity contribution in [1.29, 1.82) is 0 Å². The molecule has 6 heteroatoms. The molecule has 0 saturated heterocycles. The third-order valence-corrected chi connectivity index (χ3v) is 2.79. The topological polar surface area (TPSA) is 75.9 Å². The van der Waals surface area contributed by atoms with E-state index >= 15 is 0 Å². The van der Waals surface area contributed by atoms with E-state index in [-0.39, 0.29) is 0 Å². The smallest absolute Gasteiger partial charge is 0.148 e. The summed E-state index contributed by atoms with van der Waals surface area (Å²) in [7, 11) is 0. The van der Waals surface area contributed by atoms with Crippen LogP contribution >= 0.6 is 11.6 Å². The Morgan fingerprint density at radius 3 is 2.44 bits per heavy atom. The molecule has 0 aliphatic rings. The molecule has 94 valence electrons. The Balaban J connectivity index is 2.31. The minimum atomic E-state index is 0.629. The molecule has 1 aromatic heterocycles. The molecule has 18 heavy (non-hydrogen) atoms. The van der Waals surface area contributed by atoms with Gasteiger partial charge in [-0.15, -0.1) is 0 Å². The molecule has 0 spiro atoms. The fourth-order valence-corrected chi connectivity index (χ4v) is 1.78. The minimum absolute atomic E-state index is 0.629. The lowest BCUT2D eigenvalue weighted by atomic mass is 10.2. The summed E-state index contributed by atoms with van der Waals surface area (Å²) in [4.78, 5) is 8.30. The highest BCUT2D eigenvalue weighted by Gasteiger charge is 2.08. The van der Waals surface area contributed by atoms with Gasteiger partial charge in [0.2, 0.25) is 0 Å². The molecule has 2 aromatic rings. The number of hydrogen-bond donors (Lipinski definition) is 3. The van der Waals surface area contributed by atoms with Crippen LogP contribution in [0.5, 0.6) is 0 Å². The molecule has 0 aliphatic heterocycles. The van der Waals surface area contributed by atoms with E-state index < -0.39 is 0 Å². The summed E-state index contributed by atoms with van der Waals surface area (Å²) in [5.74, 6) is 6.79. The van der Waals surface area contributed by atoms with E-state index in [1.165, 1.54) is 6.33 Å².